The van der Waals surface area contributed by atoms with Crippen LogP contribution in [0.1, 0.15) is 57.2 Å². The van der Waals surface area contributed by atoms with E-state index in [0.717, 1.165) is 28.9 Å². The van der Waals surface area contributed by atoms with Crippen LogP contribution in [0, 0.1) is 0 Å². The van der Waals surface area contributed by atoms with Crippen LogP contribution in [0.4, 0.5) is 21.0 Å². The number of hydrogen-bond donors (Lipinski definition) is 2. The first-order valence-corrected chi connectivity index (χ1v) is 10.4. The quantitative estimate of drug-likeness (QED) is 0.678. The normalized spacial score (nSPS) is 13.6. The smallest absolute Gasteiger partial charge is 0.410 e. The third kappa shape index (κ3) is 5.75. The van der Waals surface area contributed by atoms with Crippen LogP contribution in [0.2, 0.25) is 0 Å². The van der Waals surface area contributed by atoms with E-state index in [-0.39, 0.29) is 12.1 Å². The van der Waals surface area contributed by atoms with Crippen LogP contribution in [0.15, 0.2) is 42.5 Å². The molecule has 0 aromatic heterocycles. The molecule has 0 fully saturated rings. The van der Waals surface area contributed by atoms with Gasteiger partial charge in [-0.05, 0) is 74.1 Å². The summed E-state index contributed by atoms with van der Waals surface area (Å²) in [7, 11) is 0. The average Bonchev–Trinajstić information content (AvgIpc) is 2.66. The van der Waals surface area contributed by atoms with Crippen molar-refractivity contribution in [2.75, 3.05) is 17.2 Å². The molecule has 6 heteroatoms. The number of carbonyl (C=O) groups is 2. The highest BCUT2D eigenvalue weighted by atomic mass is 16.6. The summed E-state index contributed by atoms with van der Waals surface area (Å²) in [5.74, 6) is 0.399. The number of anilines is 2. The second kappa shape index (κ2) is 8.78. The maximum atomic E-state index is 12.4. The third-order valence-corrected chi connectivity index (χ3v) is 4.94. The predicted molar refractivity (Wildman–Crippen MR) is 120 cm³/mol. The lowest BCUT2D eigenvalue weighted by Gasteiger charge is -2.31. The summed E-state index contributed by atoms with van der Waals surface area (Å²) in [5, 5.41) is 5.79. The van der Waals surface area contributed by atoms with E-state index in [9.17, 15) is 9.59 Å². The van der Waals surface area contributed by atoms with Gasteiger partial charge >= 0.3 is 12.1 Å². The molecule has 0 bridgehead atoms. The van der Waals surface area contributed by atoms with Crippen molar-refractivity contribution in [3.63, 3.8) is 0 Å². The number of amides is 3. The maximum Gasteiger partial charge on any atom is 0.410 e. The van der Waals surface area contributed by atoms with E-state index in [1.807, 2.05) is 57.2 Å². The zero-order chi connectivity index (χ0) is 21.9. The van der Waals surface area contributed by atoms with Crippen LogP contribution in [-0.4, -0.2) is 29.2 Å². The van der Waals surface area contributed by atoms with Crippen LogP contribution < -0.4 is 10.6 Å². The summed E-state index contributed by atoms with van der Waals surface area (Å²) in [6, 6.07) is 13.4. The van der Waals surface area contributed by atoms with Crippen molar-refractivity contribution >= 4 is 23.5 Å². The topological polar surface area (TPSA) is 70.7 Å². The van der Waals surface area contributed by atoms with Gasteiger partial charge < -0.3 is 20.3 Å². The zero-order valence-corrected chi connectivity index (χ0v) is 18.4. The molecule has 3 rings (SSSR count). The largest absolute Gasteiger partial charge is 0.444 e. The first kappa shape index (κ1) is 21.7. The molecule has 6 nitrogen and oxygen atoms in total. The molecule has 0 saturated heterocycles. The Hall–Kier alpha value is -3.02. The molecule has 2 aromatic carbocycles. The number of hydrogen-bond acceptors (Lipinski definition) is 3. The van der Waals surface area contributed by atoms with Gasteiger partial charge in [0.2, 0.25) is 0 Å². The third-order valence-electron chi connectivity index (χ3n) is 4.94. The number of rotatable bonds is 3. The molecule has 0 saturated carbocycles. The summed E-state index contributed by atoms with van der Waals surface area (Å²) in [4.78, 5) is 26.4. The Morgan fingerprint density at radius 2 is 1.70 bits per heavy atom. The van der Waals surface area contributed by atoms with Crippen LogP contribution in [0.5, 0.6) is 0 Å². The van der Waals surface area contributed by atoms with Crippen molar-refractivity contribution in [1.29, 1.82) is 0 Å². The highest BCUT2D eigenvalue weighted by Crippen LogP contribution is 2.24. The Bertz CT molecular complexity index is 932. The number of fused-ring (bicyclic) bond motifs is 1. The number of carbonyl (C=O) groups excluding carboxylic acids is 2. The van der Waals surface area contributed by atoms with E-state index in [0.29, 0.717) is 19.0 Å². The predicted octanol–water partition coefficient (Wildman–Crippen LogP) is 5.75. The molecule has 0 radical (unpaired) electrons. The van der Waals surface area contributed by atoms with E-state index in [1.54, 1.807) is 4.90 Å². The highest BCUT2D eigenvalue weighted by molar-refractivity contribution is 5.99. The Labute approximate surface area is 178 Å². The number of urea groups is 1. The molecule has 2 N–H and O–H groups in total. The van der Waals surface area contributed by atoms with Gasteiger partial charge in [-0.15, -0.1) is 0 Å². The van der Waals surface area contributed by atoms with E-state index in [1.165, 1.54) is 5.56 Å². The Morgan fingerprint density at radius 3 is 2.37 bits per heavy atom. The van der Waals surface area contributed by atoms with Gasteiger partial charge in [-0.2, -0.15) is 0 Å². The minimum atomic E-state index is -0.507. The van der Waals surface area contributed by atoms with Gasteiger partial charge in [0.1, 0.15) is 5.60 Å². The molecular weight excluding hydrogens is 378 g/mol. The van der Waals surface area contributed by atoms with Gasteiger partial charge in [-0.3, -0.25) is 0 Å². The Balaban J connectivity index is 1.61. The van der Waals surface area contributed by atoms with E-state index >= 15 is 0 Å². The molecule has 0 unspecified atom stereocenters. The maximum absolute atomic E-state index is 12.4. The fraction of sp³-hybridized carbons (Fsp3) is 0.417. The lowest BCUT2D eigenvalue weighted by molar-refractivity contribution is 0.0224. The standard InChI is InChI=1S/C24H31N3O3/c1-16(2)17-7-6-8-20(13-17)25-22(28)26-21-10-9-19-15-27(12-11-18(19)14-21)23(29)30-24(3,4)5/h6-10,13-14,16H,11-12,15H2,1-5H3,(H2,25,26,28). The molecular formula is C24H31N3O3. The van der Waals surface area contributed by atoms with Gasteiger partial charge in [0.15, 0.2) is 0 Å². The number of ether oxygens (including phenoxy) is 1. The number of nitrogens with zero attached hydrogens (tertiary/aromatic N) is 1. The second-order valence-corrected chi connectivity index (χ2v) is 8.99. The Morgan fingerprint density at radius 1 is 1.00 bits per heavy atom. The van der Waals surface area contributed by atoms with E-state index < -0.39 is 5.60 Å². The fourth-order valence-electron chi connectivity index (χ4n) is 3.38. The average molecular weight is 410 g/mol. The van der Waals surface area contributed by atoms with Gasteiger partial charge in [-0.1, -0.05) is 32.0 Å². The van der Waals surface area contributed by atoms with Crippen LogP contribution in [0.25, 0.3) is 0 Å². The zero-order valence-electron chi connectivity index (χ0n) is 18.4. The monoisotopic (exact) mass is 409 g/mol. The lowest BCUT2D eigenvalue weighted by atomic mass is 9.99. The first-order chi connectivity index (χ1) is 14.1. The molecule has 1 aliphatic heterocycles. The second-order valence-electron chi connectivity index (χ2n) is 8.99. The summed E-state index contributed by atoms with van der Waals surface area (Å²) < 4.78 is 5.47. The van der Waals surface area contributed by atoms with Crippen LogP contribution in [-0.2, 0) is 17.7 Å². The van der Waals surface area contributed by atoms with Crippen LogP contribution >= 0.6 is 0 Å². The van der Waals surface area contributed by atoms with Gasteiger partial charge in [0.25, 0.3) is 0 Å². The summed E-state index contributed by atoms with van der Waals surface area (Å²) in [6.45, 7) is 10.9. The van der Waals surface area contributed by atoms with Crippen molar-refractivity contribution < 1.29 is 14.3 Å². The Kier molecular flexibility index (Phi) is 6.34. The lowest BCUT2D eigenvalue weighted by Crippen LogP contribution is -2.39. The summed E-state index contributed by atoms with van der Waals surface area (Å²) in [6.07, 6.45) is 0.431. The molecule has 1 heterocycles. The van der Waals surface area contributed by atoms with Crippen molar-refractivity contribution in [3.8, 4) is 0 Å². The molecule has 30 heavy (non-hydrogen) atoms. The summed E-state index contributed by atoms with van der Waals surface area (Å²) in [5.41, 5.74) is 4.38. The minimum absolute atomic E-state index is 0.276. The molecule has 160 valence electrons. The SMILES string of the molecule is CC(C)c1cccc(NC(=O)Nc2ccc3c(c2)CCN(C(=O)OC(C)(C)C)C3)c1. The molecule has 3 amide bonds. The fourth-order valence-corrected chi connectivity index (χ4v) is 3.38. The minimum Gasteiger partial charge on any atom is -0.444 e. The molecule has 0 atom stereocenters. The van der Waals surface area contributed by atoms with E-state index in [4.69, 9.17) is 4.74 Å². The molecule has 1 aliphatic rings. The molecule has 0 spiro atoms. The van der Waals surface area contributed by atoms with Gasteiger partial charge in [0.05, 0.1) is 0 Å². The summed E-state index contributed by atoms with van der Waals surface area (Å²) >= 11 is 0. The van der Waals surface area contributed by atoms with Crippen molar-refractivity contribution in [1.82, 2.24) is 4.90 Å². The highest BCUT2D eigenvalue weighted by Gasteiger charge is 2.25. The number of benzene rings is 2. The van der Waals surface area contributed by atoms with E-state index in [2.05, 4.69) is 30.5 Å². The van der Waals surface area contributed by atoms with Crippen molar-refractivity contribution in [3.05, 3.63) is 59.2 Å². The van der Waals surface area contributed by atoms with Gasteiger partial charge in [0, 0.05) is 24.5 Å². The number of nitrogens with one attached hydrogen (secondary N) is 2. The van der Waals surface area contributed by atoms with Gasteiger partial charge in [-0.25, -0.2) is 9.59 Å². The molecule has 2 aromatic rings. The van der Waals surface area contributed by atoms with Crippen molar-refractivity contribution in [2.24, 2.45) is 0 Å². The van der Waals surface area contributed by atoms with Crippen molar-refractivity contribution in [2.45, 2.75) is 59.1 Å². The molecule has 0 aliphatic carbocycles. The van der Waals surface area contributed by atoms with Crippen LogP contribution in [0.3, 0.4) is 0 Å². The first-order valence-electron chi connectivity index (χ1n) is 10.4.